The fraction of sp³-hybridized carbons (Fsp3) is 0.103. The van der Waals surface area contributed by atoms with Gasteiger partial charge in [-0.3, -0.25) is 0 Å². The Bertz CT molecular complexity index is 3290. The second-order valence-corrected chi connectivity index (χ2v) is 16.7. The average Bonchev–Trinajstić information content (AvgIpc) is 3.32. The number of nitrogens with zero attached hydrogens (tertiary/aromatic N) is 2. The highest BCUT2D eigenvalue weighted by Crippen LogP contribution is 2.48. The second kappa shape index (κ2) is 14.3. The molecule has 0 radical (unpaired) electrons. The summed E-state index contributed by atoms with van der Waals surface area (Å²) in [6.45, 7) is 2.01. The third kappa shape index (κ3) is 5.86. The molecule has 0 aliphatic carbocycles. The quantitative estimate of drug-likeness (QED) is 0.161. The Labute approximate surface area is 351 Å². The fourth-order valence-electron chi connectivity index (χ4n) is 10.3. The number of hydrogen-bond donors (Lipinski definition) is 0. The van der Waals surface area contributed by atoms with Gasteiger partial charge in [-0.25, -0.2) is 0 Å². The maximum atomic E-state index is 2.55. The number of para-hydroxylation sites is 2. The van der Waals surface area contributed by atoms with Crippen molar-refractivity contribution in [3.05, 3.63) is 205 Å². The van der Waals surface area contributed by atoms with Gasteiger partial charge in [-0.05, 0) is 168 Å². The number of benzene rings is 10. The van der Waals surface area contributed by atoms with E-state index in [-0.39, 0.29) is 0 Å². The number of aryl methyl sites for hydroxylation is 2. The van der Waals surface area contributed by atoms with Crippen molar-refractivity contribution in [3.8, 4) is 33.4 Å². The largest absolute Gasteiger partial charge is 0.341 e. The third-order valence-electron chi connectivity index (χ3n) is 13.2. The summed E-state index contributed by atoms with van der Waals surface area (Å²) in [5.74, 6) is 0. The lowest BCUT2D eigenvalue weighted by Crippen LogP contribution is -2.24. The predicted molar refractivity (Wildman–Crippen MR) is 256 cm³/mol. The maximum Gasteiger partial charge on any atom is 0.0443 e. The summed E-state index contributed by atoms with van der Waals surface area (Å²) in [5.41, 5.74) is 15.5. The summed E-state index contributed by atoms with van der Waals surface area (Å²) in [7, 11) is 0. The highest BCUT2D eigenvalue weighted by Gasteiger charge is 2.24. The van der Waals surface area contributed by atoms with Gasteiger partial charge in [0.25, 0.3) is 0 Å². The van der Waals surface area contributed by atoms with Crippen LogP contribution >= 0.6 is 0 Å². The molecule has 0 spiro atoms. The molecule has 0 amide bonds. The van der Waals surface area contributed by atoms with Crippen molar-refractivity contribution in [1.29, 1.82) is 0 Å². The molecular weight excluding hydrogens is 725 g/mol. The molecule has 12 rings (SSSR count). The highest BCUT2D eigenvalue weighted by molar-refractivity contribution is 6.23. The minimum Gasteiger partial charge on any atom is -0.341 e. The van der Waals surface area contributed by atoms with E-state index in [9.17, 15) is 0 Å². The molecule has 0 fully saturated rings. The molecule has 60 heavy (non-hydrogen) atoms. The number of rotatable bonds is 5. The first-order chi connectivity index (χ1) is 29.7. The van der Waals surface area contributed by atoms with Gasteiger partial charge in [0.15, 0.2) is 0 Å². The first kappa shape index (κ1) is 34.8. The normalized spacial score (nSPS) is 13.9. The summed E-state index contributed by atoms with van der Waals surface area (Å²) in [6, 6.07) is 73.1. The van der Waals surface area contributed by atoms with Crippen LogP contribution in [0, 0.1) is 0 Å². The molecule has 0 N–H and O–H groups in total. The molecule has 10 aromatic carbocycles. The average molecular weight is 769 g/mol. The standard InChI is InChI=1S/C58H44N2/c1-2-12-39(13-3-1)44-23-24-46-36-48(27-25-45(46)34-44)58-52-31-29-49(59-32-10-18-41-15-6-8-20-55(41)59)37-53(52)57(47-26-22-40-14-4-5-17-43(40)35-47)51-30-28-50(38-54(51)58)60-33-11-19-42-16-7-9-21-56(42)60/h1-9,12-17,20-31,34-38H,10-11,18-19,32-33H2. The van der Waals surface area contributed by atoms with Crippen LogP contribution in [0.1, 0.15) is 24.0 Å². The molecule has 2 nitrogen and oxygen atoms in total. The third-order valence-corrected chi connectivity index (χ3v) is 13.2. The molecule has 0 unspecified atom stereocenters. The van der Waals surface area contributed by atoms with Crippen LogP contribution in [0.4, 0.5) is 22.7 Å². The SMILES string of the molecule is c1ccc(-c2ccc3cc(-c4c5ccc(N6CCCc7ccccc76)cc5c(-c5ccc6ccccc6c5)c5ccc(N6CCCc7ccccc76)cc45)ccc3c2)cc1. The van der Waals surface area contributed by atoms with E-state index >= 15 is 0 Å². The Kier molecular flexibility index (Phi) is 8.30. The van der Waals surface area contributed by atoms with Gasteiger partial charge in [-0.15, -0.1) is 0 Å². The van der Waals surface area contributed by atoms with Crippen molar-refractivity contribution in [1.82, 2.24) is 0 Å². The molecule has 2 heterocycles. The van der Waals surface area contributed by atoms with E-state index < -0.39 is 0 Å². The molecule has 0 aromatic heterocycles. The van der Waals surface area contributed by atoms with Crippen LogP contribution in [0.15, 0.2) is 194 Å². The van der Waals surface area contributed by atoms with Crippen molar-refractivity contribution in [2.24, 2.45) is 0 Å². The molecule has 10 aromatic rings. The van der Waals surface area contributed by atoms with Crippen molar-refractivity contribution in [2.45, 2.75) is 25.7 Å². The zero-order valence-corrected chi connectivity index (χ0v) is 33.6. The van der Waals surface area contributed by atoms with Gasteiger partial charge >= 0.3 is 0 Å². The van der Waals surface area contributed by atoms with Crippen LogP contribution in [-0.2, 0) is 12.8 Å². The first-order valence-corrected chi connectivity index (χ1v) is 21.6. The minimum atomic E-state index is 1.00. The Morgan fingerprint density at radius 2 is 0.750 bits per heavy atom. The first-order valence-electron chi connectivity index (χ1n) is 21.6. The molecule has 0 atom stereocenters. The number of fused-ring (bicyclic) bond motifs is 6. The lowest BCUT2D eigenvalue weighted by molar-refractivity contribution is 0.767. The van der Waals surface area contributed by atoms with E-state index in [4.69, 9.17) is 0 Å². The Hall–Kier alpha value is -7.16. The van der Waals surface area contributed by atoms with Gasteiger partial charge in [0, 0.05) is 35.8 Å². The van der Waals surface area contributed by atoms with Gasteiger partial charge in [0.2, 0.25) is 0 Å². The predicted octanol–water partition coefficient (Wildman–Crippen LogP) is 15.5. The Morgan fingerprint density at radius 1 is 0.300 bits per heavy atom. The van der Waals surface area contributed by atoms with E-state index in [1.165, 1.54) is 110 Å². The molecule has 2 aliphatic rings. The Balaban J connectivity index is 1.15. The molecular formula is C58H44N2. The number of hydrogen-bond acceptors (Lipinski definition) is 2. The smallest absolute Gasteiger partial charge is 0.0443 e. The van der Waals surface area contributed by atoms with E-state index in [0.29, 0.717) is 0 Å². The molecule has 0 bridgehead atoms. The van der Waals surface area contributed by atoms with Crippen LogP contribution in [0.2, 0.25) is 0 Å². The van der Waals surface area contributed by atoms with Crippen molar-refractivity contribution >= 4 is 65.8 Å². The summed E-state index contributed by atoms with van der Waals surface area (Å²) >= 11 is 0. The monoisotopic (exact) mass is 768 g/mol. The lowest BCUT2D eigenvalue weighted by atomic mass is 9.84. The highest BCUT2D eigenvalue weighted by atomic mass is 15.1. The van der Waals surface area contributed by atoms with E-state index in [1.54, 1.807) is 0 Å². The fourth-order valence-corrected chi connectivity index (χ4v) is 10.3. The zero-order chi connectivity index (χ0) is 39.6. The maximum absolute atomic E-state index is 2.55. The molecule has 0 saturated carbocycles. The molecule has 0 saturated heterocycles. The van der Waals surface area contributed by atoms with Crippen molar-refractivity contribution in [3.63, 3.8) is 0 Å². The topological polar surface area (TPSA) is 6.48 Å². The summed E-state index contributed by atoms with van der Waals surface area (Å²) < 4.78 is 0. The van der Waals surface area contributed by atoms with E-state index in [1.807, 2.05) is 0 Å². The van der Waals surface area contributed by atoms with E-state index in [0.717, 1.165) is 38.8 Å². The molecule has 286 valence electrons. The molecule has 2 aliphatic heterocycles. The van der Waals surface area contributed by atoms with Crippen LogP contribution in [0.25, 0.3) is 76.5 Å². The lowest BCUT2D eigenvalue weighted by Gasteiger charge is -2.32. The van der Waals surface area contributed by atoms with Gasteiger partial charge in [-0.2, -0.15) is 0 Å². The van der Waals surface area contributed by atoms with Gasteiger partial charge < -0.3 is 9.80 Å². The number of anilines is 4. The van der Waals surface area contributed by atoms with Crippen LogP contribution < -0.4 is 9.80 Å². The minimum absolute atomic E-state index is 1.00. The van der Waals surface area contributed by atoms with Gasteiger partial charge in [-0.1, -0.05) is 140 Å². The zero-order valence-electron chi connectivity index (χ0n) is 33.6. The van der Waals surface area contributed by atoms with Crippen LogP contribution in [0.5, 0.6) is 0 Å². The summed E-state index contributed by atoms with van der Waals surface area (Å²) in [6.07, 6.45) is 4.52. The van der Waals surface area contributed by atoms with Gasteiger partial charge in [0.05, 0.1) is 0 Å². The van der Waals surface area contributed by atoms with Gasteiger partial charge in [0.1, 0.15) is 0 Å². The van der Waals surface area contributed by atoms with Crippen molar-refractivity contribution < 1.29 is 0 Å². The summed E-state index contributed by atoms with van der Waals surface area (Å²) in [5, 5.41) is 10.1. The Morgan fingerprint density at radius 3 is 1.33 bits per heavy atom. The summed E-state index contributed by atoms with van der Waals surface area (Å²) in [4.78, 5) is 5.09. The van der Waals surface area contributed by atoms with E-state index in [2.05, 4.69) is 204 Å². The van der Waals surface area contributed by atoms with Crippen LogP contribution in [-0.4, -0.2) is 13.1 Å². The second-order valence-electron chi connectivity index (χ2n) is 16.7. The molecule has 2 heteroatoms. The van der Waals surface area contributed by atoms with Crippen molar-refractivity contribution in [2.75, 3.05) is 22.9 Å². The van der Waals surface area contributed by atoms with Crippen LogP contribution in [0.3, 0.4) is 0 Å².